The van der Waals surface area contributed by atoms with Crippen LogP contribution in [-0.4, -0.2) is 34.7 Å². The lowest BCUT2D eigenvalue weighted by atomic mass is 10.00. The number of rotatable bonds is 3. The smallest absolute Gasteiger partial charge is 0.0570 e. The second kappa shape index (κ2) is 3.81. The molecular formula is C11H19NO. The van der Waals surface area contributed by atoms with Crippen molar-refractivity contribution in [2.45, 2.75) is 50.3 Å². The molecule has 0 aromatic heterocycles. The summed E-state index contributed by atoms with van der Waals surface area (Å²) in [6.45, 7) is 4.90. The number of fused-ring (bicyclic) bond motifs is 2. The average molecular weight is 181 g/mol. The van der Waals surface area contributed by atoms with Crippen LogP contribution in [-0.2, 0) is 0 Å². The van der Waals surface area contributed by atoms with E-state index < -0.39 is 0 Å². The molecule has 0 aromatic carbocycles. The van der Waals surface area contributed by atoms with E-state index in [-0.39, 0.29) is 6.10 Å². The zero-order valence-electron chi connectivity index (χ0n) is 8.15. The first kappa shape index (κ1) is 9.22. The minimum Gasteiger partial charge on any atom is -0.393 e. The van der Waals surface area contributed by atoms with Crippen LogP contribution < -0.4 is 0 Å². The van der Waals surface area contributed by atoms with Crippen LogP contribution in [0.5, 0.6) is 0 Å². The minimum atomic E-state index is -0.0301. The first-order valence-electron chi connectivity index (χ1n) is 5.36. The second-order valence-corrected chi connectivity index (χ2v) is 4.33. The zero-order valence-corrected chi connectivity index (χ0v) is 8.15. The number of aliphatic hydroxyl groups excluding tert-OH is 1. The highest BCUT2D eigenvalue weighted by Gasteiger charge is 2.39. The highest BCUT2D eigenvalue weighted by Crippen LogP contribution is 2.35. The van der Waals surface area contributed by atoms with Crippen molar-refractivity contribution in [2.24, 2.45) is 0 Å². The Morgan fingerprint density at radius 3 is 2.46 bits per heavy atom. The summed E-state index contributed by atoms with van der Waals surface area (Å²) < 4.78 is 0. The third-order valence-electron chi connectivity index (χ3n) is 3.45. The molecule has 0 spiro atoms. The molecule has 2 nitrogen and oxygen atoms in total. The van der Waals surface area contributed by atoms with E-state index in [0.717, 1.165) is 25.8 Å². The maximum Gasteiger partial charge on any atom is 0.0570 e. The Morgan fingerprint density at radius 1 is 1.31 bits per heavy atom. The normalized spacial score (nSPS) is 39.3. The van der Waals surface area contributed by atoms with Crippen molar-refractivity contribution in [1.29, 1.82) is 0 Å². The minimum absolute atomic E-state index is 0.0301. The molecule has 2 unspecified atom stereocenters. The Labute approximate surface area is 80.2 Å². The Hall–Kier alpha value is -0.340. The largest absolute Gasteiger partial charge is 0.393 e. The summed E-state index contributed by atoms with van der Waals surface area (Å²) in [6, 6.07) is 1.32. The van der Waals surface area contributed by atoms with E-state index in [1.54, 1.807) is 0 Å². The summed E-state index contributed by atoms with van der Waals surface area (Å²) in [5.74, 6) is 0. The van der Waals surface area contributed by atoms with E-state index in [2.05, 4.69) is 11.5 Å². The topological polar surface area (TPSA) is 23.5 Å². The van der Waals surface area contributed by atoms with Gasteiger partial charge in [-0.05, 0) is 32.1 Å². The molecule has 2 saturated heterocycles. The standard InChI is InChI=1S/C11H19NO/c1-2-3-6-12-9-4-5-10(12)8-11(13)7-9/h2,9-11,13H,1,3-8H2. The third kappa shape index (κ3) is 1.79. The zero-order chi connectivity index (χ0) is 9.26. The lowest BCUT2D eigenvalue weighted by Crippen LogP contribution is -2.44. The molecule has 2 rings (SSSR count). The predicted octanol–water partition coefficient (Wildman–Crippen LogP) is 1.55. The summed E-state index contributed by atoms with van der Waals surface area (Å²) in [6.07, 6.45) is 7.62. The van der Waals surface area contributed by atoms with E-state index in [1.807, 2.05) is 6.08 Å². The Morgan fingerprint density at radius 2 is 1.92 bits per heavy atom. The van der Waals surface area contributed by atoms with Crippen LogP contribution >= 0.6 is 0 Å². The van der Waals surface area contributed by atoms with Crippen LogP contribution in [0.1, 0.15) is 32.1 Å². The predicted molar refractivity (Wildman–Crippen MR) is 53.6 cm³/mol. The fourth-order valence-corrected chi connectivity index (χ4v) is 2.85. The van der Waals surface area contributed by atoms with E-state index >= 15 is 0 Å². The molecule has 1 N–H and O–H groups in total. The fraction of sp³-hybridized carbons (Fsp3) is 0.818. The first-order valence-corrected chi connectivity index (χ1v) is 5.36. The molecule has 2 aliphatic rings. The van der Waals surface area contributed by atoms with Gasteiger partial charge in [0.05, 0.1) is 6.10 Å². The van der Waals surface area contributed by atoms with Crippen molar-refractivity contribution >= 4 is 0 Å². The highest BCUT2D eigenvalue weighted by atomic mass is 16.3. The summed E-state index contributed by atoms with van der Waals surface area (Å²) in [5.41, 5.74) is 0. The molecule has 13 heavy (non-hydrogen) atoms. The summed E-state index contributed by atoms with van der Waals surface area (Å²) in [7, 11) is 0. The third-order valence-corrected chi connectivity index (χ3v) is 3.45. The number of hydrogen-bond acceptors (Lipinski definition) is 2. The SMILES string of the molecule is C=CCCN1C2CCC1CC(O)C2. The maximum atomic E-state index is 9.59. The van der Waals surface area contributed by atoms with Gasteiger partial charge in [-0.3, -0.25) is 4.90 Å². The van der Waals surface area contributed by atoms with Crippen molar-refractivity contribution in [2.75, 3.05) is 6.54 Å². The van der Waals surface area contributed by atoms with Gasteiger partial charge in [0.15, 0.2) is 0 Å². The van der Waals surface area contributed by atoms with Gasteiger partial charge in [0.25, 0.3) is 0 Å². The van der Waals surface area contributed by atoms with Crippen molar-refractivity contribution in [3.63, 3.8) is 0 Å². The molecule has 2 bridgehead atoms. The molecule has 2 heterocycles. The van der Waals surface area contributed by atoms with Gasteiger partial charge in [-0.15, -0.1) is 6.58 Å². The van der Waals surface area contributed by atoms with Gasteiger partial charge < -0.3 is 5.11 Å². The summed E-state index contributed by atoms with van der Waals surface area (Å²) in [4.78, 5) is 2.58. The van der Waals surface area contributed by atoms with Gasteiger partial charge in [-0.25, -0.2) is 0 Å². The van der Waals surface area contributed by atoms with Crippen molar-refractivity contribution in [3.8, 4) is 0 Å². The van der Waals surface area contributed by atoms with Crippen LogP contribution in [0, 0.1) is 0 Å². The lowest BCUT2D eigenvalue weighted by Gasteiger charge is -2.36. The maximum absolute atomic E-state index is 9.59. The average Bonchev–Trinajstić information content (AvgIpc) is 2.33. The van der Waals surface area contributed by atoms with Crippen LogP contribution in [0.25, 0.3) is 0 Å². The van der Waals surface area contributed by atoms with E-state index in [9.17, 15) is 5.11 Å². The molecule has 0 saturated carbocycles. The van der Waals surface area contributed by atoms with E-state index in [0.29, 0.717) is 12.1 Å². The van der Waals surface area contributed by atoms with Gasteiger partial charge in [-0.2, -0.15) is 0 Å². The molecule has 0 amide bonds. The highest BCUT2D eigenvalue weighted by molar-refractivity contribution is 4.95. The van der Waals surface area contributed by atoms with Gasteiger partial charge in [0.2, 0.25) is 0 Å². The van der Waals surface area contributed by atoms with Crippen LogP contribution in [0.2, 0.25) is 0 Å². The number of nitrogens with zero attached hydrogens (tertiary/aromatic N) is 1. The quantitative estimate of drug-likeness (QED) is 0.668. The molecule has 0 aliphatic carbocycles. The van der Waals surface area contributed by atoms with Gasteiger partial charge >= 0.3 is 0 Å². The lowest BCUT2D eigenvalue weighted by molar-refractivity contribution is 0.0366. The van der Waals surface area contributed by atoms with E-state index in [4.69, 9.17) is 0 Å². The van der Waals surface area contributed by atoms with Crippen molar-refractivity contribution < 1.29 is 5.11 Å². The molecule has 0 radical (unpaired) electrons. The number of hydrogen-bond donors (Lipinski definition) is 1. The monoisotopic (exact) mass is 181 g/mol. The molecule has 2 fully saturated rings. The molecule has 2 heteroatoms. The summed E-state index contributed by atoms with van der Waals surface area (Å²) >= 11 is 0. The van der Waals surface area contributed by atoms with E-state index in [1.165, 1.54) is 12.8 Å². The van der Waals surface area contributed by atoms with Crippen LogP contribution in [0.3, 0.4) is 0 Å². The summed E-state index contributed by atoms with van der Waals surface area (Å²) in [5, 5.41) is 9.59. The van der Waals surface area contributed by atoms with Gasteiger partial charge in [0.1, 0.15) is 0 Å². The number of aliphatic hydroxyl groups is 1. The van der Waals surface area contributed by atoms with Gasteiger partial charge in [0, 0.05) is 18.6 Å². The van der Waals surface area contributed by atoms with Crippen molar-refractivity contribution in [3.05, 3.63) is 12.7 Å². The molecule has 2 aliphatic heterocycles. The molecular weight excluding hydrogens is 162 g/mol. The van der Waals surface area contributed by atoms with Crippen LogP contribution in [0.4, 0.5) is 0 Å². The molecule has 0 aromatic rings. The van der Waals surface area contributed by atoms with Crippen LogP contribution in [0.15, 0.2) is 12.7 Å². The second-order valence-electron chi connectivity index (χ2n) is 4.33. The Bertz CT molecular complexity index is 179. The number of piperidine rings is 1. The fourth-order valence-electron chi connectivity index (χ4n) is 2.85. The Balaban J connectivity index is 1.94. The molecule has 2 atom stereocenters. The Kier molecular flexibility index (Phi) is 2.70. The first-order chi connectivity index (χ1) is 6.31. The van der Waals surface area contributed by atoms with Gasteiger partial charge in [-0.1, -0.05) is 6.08 Å². The molecule has 74 valence electrons. The van der Waals surface area contributed by atoms with Crippen molar-refractivity contribution in [1.82, 2.24) is 4.90 Å².